The van der Waals surface area contributed by atoms with Crippen molar-refractivity contribution in [3.8, 4) is 5.75 Å². The maximum Gasteiger partial charge on any atom is 0.362 e. The van der Waals surface area contributed by atoms with E-state index in [1.165, 1.54) is 22.7 Å². The van der Waals surface area contributed by atoms with E-state index < -0.39 is 17.5 Å². The van der Waals surface area contributed by atoms with E-state index in [9.17, 15) is 9.59 Å². The van der Waals surface area contributed by atoms with E-state index in [0.29, 0.717) is 16.4 Å². The Balaban J connectivity index is 1.45. The molecule has 0 bridgehead atoms. The molecule has 0 atom stereocenters. The van der Waals surface area contributed by atoms with Gasteiger partial charge >= 0.3 is 11.9 Å². The van der Waals surface area contributed by atoms with Crippen molar-refractivity contribution in [2.45, 2.75) is 38.4 Å². The first-order chi connectivity index (χ1) is 18.9. The number of hydrogen-bond acceptors (Lipinski definition) is 8. The van der Waals surface area contributed by atoms with E-state index in [-0.39, 0.29) is 12.6 Å². The average molecular weight is 572 g/mol. The van der Waals surface area contributed by atoms with Gasteiger partial charge in [0, 0.05) is 12.8 Å². The van der Waals surface area contributed by atoms with Crippen LogP contribution in [-0.2, 0) is 24.7 Å². The Morgan fingerprint density at radius 3 is 2.10 bits per heavy atom. The molecule has 39 heavy (non-hydrogen) atoms. The quantitative estimate of drug-likeness (QED) is 0.208. The van der Waals surface area contributed by atoms with Gasteiger partial charge in [0.05, 0.1) is 36.4 Å². The van der Waals surface area contributed by atoms with Crippen LogP contribution in [0.2, 0.25) is 0 Å². The monoisotopic (exact) mass is 571 g/mol. The number of para-hydroxylation sites is 1. The molecule has 0 spiro atoms. The lowest BCUT2D eigenvalue weighted by Crippen LogP contribution is -2.54. The second-order valence-electron chi connectivity index (χ2n) is 10.1. The number of rotatable bonds is 13. The molecule has 210 valence electrons. The molecule has 1 aromatic carbocycles. The molecule has 3 heterocycles. The van der Waals surface area contributed by atoms with Gasteiger partial charge < -0.3 is 18.7 Å². The summed E-state index contributed by atoms with van der Waals surface area (Å²) in [6.45, 7) is 8.82. The lowest BCUT2D eigenvalue weighted by molar-refractivity contribution is -0.915. The van der Waals surface area contributed by atoms with Gasteiger partial charge in [-0.1, -0.05) is 44.2 Å². The Kier molecular flexibility index (Phi) is 10.2. The van der Waals surface area contributed by atoms with Gasteiger partial charge in [-0.05, 0) is 48.1 Å². The number of thiophene rings is 2. The Bertz CT molecular complexity index is 1120. The molecule has 1 aliphatic rings. The number of nitrogens with zero attached hydrogens (tertiary/aromatic N) is 2. The summed E-state index contributed by atoms with van der Waals surface area (Å²) < 4.78 is 19.1. The highest BCUT2D eigenvalue weighted by atomic mass is 32.1. The molecule has 0 aliphatic carbocycles. The Hall–Kier alpha value is -2.72. The summed E-state index contributed by atoms with van der Waals surface area (Å²) in [5.41, 5.74) is -1.61. The van der Waals surface area contributed by atoms with Crippen LogP contribution >= 0.6 is 22.7 Å². The van der Waals surface area contributed by atoms with Crippen LogP contribution in [0.1, 0.15) is 36.4 Å². The summed E-state index contributed by atoms with van der Waals surface area (Å²) in [6, 6.07) is 17.3. The SMILES string of the molecule is CCN(CC)CC(=O)OC(C(=O)OC1CC[N+](C)(CCOc2ccccc2)CC1)(c1cccs1)c1cccs1. The zero-order chi connectivity index (χ0) is 27.7. The number of carbonyl (C=O) groups excluding carboxylic acids is 2. The zero-order valence-electron chi connectivity index (χ0n) is 23.0. The van der Waals surface area contributed by atoms with Crippen LogP contribution in [0, 0.1) is 0 Å². The summed E-state index contributed by atoms with van der Waals surface area (Å²) in [6.07, 6.45) is 1.25. The predicted octanol–water partition coefficient (Wildman–Crippen LogP) is 5.17. The molecular weight excluding hydrogens is 532 g/mol. The third-order valence-electron chi connectivity index (χ3n) is 7.44. The van der Waals surface area contributed by atoms with Gasteiger partial charge in [0.1, 0.15) is 25.0 Å². The number of piperidine rings is 1. The van der Waals surface area contributed by atoms with Gasteiger partial charge in [0.25, 0.3) is 5.60 Å². The smallest absolute Gasteiger partial charge is 0.362 e. The number of esters is 2. The minimum atomic E-state index is -1.61. The van der Waals surface area contributed by atoms with Gasteiger partial charge in [0.2, 0.25) is 0 Å². The van der Waals surface area contributed by atoms with Crippen molar-refractivity contribution in [3.05, 3.63) is 75.1 Å². The molecule has 0 amide bonds. The van der Waals surface area contributed by atoms with Crippen LogP contribution in [-0.4, -0.2) is 80.3 Å². The van der Waals surface area contributed by atoms with Crippen LogP contribution < -0.4 is 4.74 Å². The third-order valence-corrected chi connectivity index (χ3v) is 9.38. The number of quaternary nitrogens is 1. The van der Waals surface area contributed by atoms with E-state index in [4.69, 9.17) is 14.2 Å². The van der Waals surface area contributed by atoms with E-state index in [1.807, 2.05) is 84.1 Å². The van der Waals surface area contributed by atoms with E-state index in [2.05, 4.69) is 7.05 Å². The fourth-order valence-electron chi connectivity index (χ4n) is 4.90. The maximum atomic E-state index is 14.1. The van der Waals surface area contributed by atoms with Crippen LogP contribution in [0.4, 0.5) is 0 Å². The van der Waals surface area contributed by atoms with Crippen molar-refractivity contribution in [1.82, 2.24) is 4.90 Å². The fraction of sp³-hybridized carbons (Fsp3) is 0.467. The average Bonchev–Trinajstić information content (AvgIpc) is 3.68. The summed E-state index contributed by atoms with van der Waals surface area (Å²) in [4.78, 5) is 30.5. The molecule has 2 aromatic heterocycles. The fourth-order valence-corrected chi connectivity index (χ4v) is 6.69. The van der Waals surface area contributed by atoms with Gasteiger partial charge in [-0.2, -0.15) is 0 Å². The van der Waals surface area contributed by atoms with Crippen LogP contribution in [0.3, 0.4) is 0 Å². The van der Waals surface area contributed by atoms with Gasteiger partial charge in [-0.3, -0.25) is 9.69 Å². The Labute approximate surface area is 239 Å². The number of likely N-dealkylation sites (N-methyl/N-ethyl adjacent to an activating group) is 2. The first-order valence-electron chi connectivity index (χ1n) is 13.6. The highest BCUT2D eigenvalue weighted by Crippen LogP contribution is 2.41. The summed E-state index contributed by atoms with van der Waals surface area (Å²) in [7, 11) is 2.23. The molecular formula is C30H39N2O5S2+. The Morgan fingerprint density at radius 2 is 1.56 bits per heavy atom. The van der Waals surface area contributed by atoms with Crippen molar-refractivity contribution >= 4 is 34.6 Å². The largest absolute Gasteiger partial charge is 0.488 e. The number of ether oxygens (including phenoxy) is 3. The lowest BCUT2D eigenvalue weighted by Gasteiger charge is -2.41. The van der Waals surface area contributed by atoms with Crippen molar-refractivity contribution in [3.63, 3.8) is 0 Å². The molecule has 7 nitrogen and oxygen atoms in total. The molecule has 0 N–H and O–H groups in total. The second kappa shape index (κ2) is 13.6. The molecule has 0 radical (unpaired) electrons. The summed E-state index contributed by atoms with van der Waals surface area (Å²) in [5, 5.41) is 3.79. The number of carbonyl (C=O) groups is 2. The molecule has 9 heteroatoms. The lowest BCUT2D eigenvalue weighted by atomic mass is 9.98. The summed E-state index contributed by atoms with van der Waals surface area (Å²) >= 11 is 2.79. The first-order valence-corrected chi connectivity index (χ1v) is 15.4. The van der Waals surface area contributed by atoms with Crippen LogP contribution in [0.5, 0.6) is 5.75 Å². The molecule has 0 saturated carbocycles. The molecule has 1 fully saturated rings. The molecule has 4 rings (SSSR count). The minimum absolute atomic E-state index is 0.114. The van der Waals surface area contributed by atoms with Crippen molar-refractivity contribution < 1.29 is 28.3 Å². The second-order valence-corrected chi connectivity index (χ2v) is 12.0. The maximum absolute atomic E-state index is 14.1. The number of benzene rings is 1. The molecule has 3 aromatic rings. The van der Waals surface area contributed by atoms with Crippen LogP contribution in [0.25, 0.3) is 0 Å². The topological polar surface area (TPSA) is 65.1 Å². The Morgan fingerprint density at radius 1 is 0.949 bits per heavy atom. The van der Waals surface area contributed by atoms with Gasteiger partial charge in [0.15, 0.2) is 0 Å². The van der Waals surface area contributed by atoms with Gasteiger partial charge in [-0.25, -0.2) is 4.79 Å². The van der Waals surface area contributed by atoms with Crippen LogP contribution in [0.15, 0.2) is 65.4 Å². The number of likely N-dealkylation sites (tertiary alicyclic amines) is 1. The van der Waals surface area contributed by atoms with Crippen molar-refractivity contribution in [2.75, 3.05) is 52.9 Å². The standard InChI is InChI=1S/C30H39N2O5S2/c1-4-31(5-2)23-28(33)37-30(26-13-9-21-38-26,27-14-10-22-39-27)29(34)36-25-15-17-32(3,18-16-25)19-20-35-24-11-7-6-8-12-24/h6-14,21-22,25H,4-5,15-20,23H2,1-3H3/q+1. The van der Waals surface area contributed by atoms with E-state index in [0.717, 1.165) is 55.8 Å². The zero-order valence-corrected chi connectivity index (χ0v) is 24.7. The normalized spacial score (nSPS) is 19.5. The van der Waals surface area contributed by atoms with Crippen molar-refractivity contribution in [1.29, 1.82) is 0 Å². The third kappa shape index (κ3) is 7.28. The molecule has 1 aliphatic heterocycles. The summed E-state index contributed by atoms with van der Waals surface area (Å²) in [5.74, 6) is -0.0838. The first kappa shape index (κ1) is 29.3. The minimum Gasteiger partial charge on any atom is -0.488 e. The van der Waals surface area contributed by atoms with E-state index in [1.54, 1.807) is 0 Å². The highest BCUT2D eigenvalue weighted by molar-refractivity contribution is 7.12. The molecule has 1 saturated heterocycles. The number of hydrogen-bond donors (Lipinski definition) is 0. The predicted molar refractivity (Wildman–Crippen MR) is 155 cm³/mol. The van der Waals surface area contributed by atoms with Gasteiger partial charge in [-0.15, -0.1) is 22.7 Å². The molecule has 0 unspecified atom stereocenters. The van der Waals surface area contributed by atoms with E-state index >= 15 is 0 Å². The highest BCUT2D eigenvalue weighted by Gasteiger charge is 2.51. The van der Waals surface area contributed by atoms with Crippen molar-refractivity contribution in [2.24, 2.45) is 0 Å².